The van der Waals surface area contributed by atoms with Crippen molar-refractivity contribution in [1.29, 1.82) is 0 Å². The van der Waals surface area contributed by atoms with Crippen LogP contribution in [0.5, 0.6) is 0 Å². The molecule has 1 amide bonds. The van der Waals surface area contributed by atoms with Crippen LogP contribution in [0, 0.1) is 0 Å². The fourth-order valence-electron chi connectivity index (χ4n) is 2.76. The summed E-state index contributed by atoms with van der Waals surface area (Å²) in [6.45, 7) is 2.61. The van der Waals surface area contributed by atoms with Gasteiger partial charge in [-0.25, -0.2) is 8.42 Å². The van der Waals surface area contributed by atoms with E-state index in [0.29, 0.717) is 29.5 Å². The van der Waals surface area contributed by atoms with Crippen LogP contribution >= 0.6 is 11.3 Å². The Morgan fingerprint density at radius 1 is 1.38 bits per heavy atom. The molecule has 1 saturated heterocycles. The number of carbonyl (C=O) groups is 1. The van der Waals surface area contributed by atoms with E-state index in [0.717, 1.165) is 0 Å². The second kappa shape index (κ2) is 6.86. The topological polar surface area (TPSA) is 92.3 Å². The van der Waals surface area contributed by atoms with Crippen molar-refractivity contribution in [2.75, 3.05) is 28.3 Å². The molecule has 3 rings (SSSR count). The Kier molecular flexibility index (Phi) is 4.81. The zero-order valence-electron chi connectivity index (χ0n) is 13.2. The standard InChI is InChI=1S/C15H18N4O3S2/c1-2-19(11-7-9-24(21,22)10-11)14-6-5-13(17-18-14)16-15(20)12-4-3-8-23-12/h3-6,8,11H,2,7,9-10H2,1H3,(H,16,17,20). The number of sulfone groups is 1. The second-order valence-corrected chi connectivity index (χ2v) is 8.73. The third-order valence-corrected chi connectivity index (χ3v) is 6.54. The van der Waals surface area contributed by atoms with E-state index in [9.17, 15) is 13.2 Å². The summed E-state index contributed by atoms with van der Waals surface area (Å²) in [4.78, 5) is 14.5. The van der Waals surface area contributed by atoms with Crippen molar-refractivity contribution in [3.05, 3.63) is 34.5 Å². The van der Waals surface area contributed by atoms with Crippen LogP contribution < -0.4 is 10.2 Å². The van der Waals surface area contributed by atoms with Gasteiger partial charge in [0, 0.05) is 12.6 Å². The number of hydrogen-bond acceptors (Lipinski definition) is 7. The zero-order chi connectivity index (χ0) is 17.2. The fourth-order valence-corrected chi connectivity index (χ4v) is 5.11. The van der Waals surface area contributed by atoms with Crippen LogP contribution in [-0.2, 0) is 9.84 Å². The minimum absolute atomic E-state index is 0.0686. The summed E-state index contributed by atoms with van der Waals surface area (Å²) in [5.74, 6) is 1.14. The first-order valence-electron chi connectivity index (χ1n) is 7.64. The molecule has 9 heteroatoms. The Labute approximate surface area is 144 Å². The minimum Gasteiger partial charge on any atom is -0.351 e. The van der Waals surface area contributed by atoms with E-state index in [4.69, 9.17) is 0 Å². The molecule has 0 aromatic carbocycles. The molecule has 2 aromatic heterocycles. The van der Waals surface area contributed by atoms with Crippen molar-refractivity contribution in [1.82, 2.24) is 10.2 Å². The molecule has 0 bridgehead atoms. The van der Waals surface area contributed by atoms with E-state index >= 15 is 0 Å². The van der Waals surface area contributed by atoms with Gasteiger partial charge >= 0.3 is 0 Å². The molecule has 1 unspecified atom stereocenters. The van der Waals surface area contributed by atoms with Gasteiger partial charge in [0.25, 0.3) is 5.91 Å². The van der Waals surface area contributed by atoms with Crippen molar-refractivity contribution in [2.45, 2.75) is 19.4 Å². The van der Waals surface area contributed by atoms with Crippen molar-refractivity contribution in [3.63, 3.8) is 0 Å². The third kappa shape index (κ3) is 3.73. The highest BCUT2D eigenvalue weighted by atomic mass is 32.2. The van der Waals surface area contributed by atoms with E-state index in [1.807, 2.05) is 23.3 Å². The molecule has 1 aliphatic heterocycles. The molecule has 1 atom stereocenters. The average Bonchev–Trinajstić information content (AvgIpc) is 3.19. The number of amides is 1. The molecule has 128 valence electrons. The molecule has 24 heavy (non-hydrogen) atoms. The number of nitrogens with one attached hydrogen (secondary N) is 1. The summed E-state index contributed by atoms with van der Waals surface area (Å²) >= 11 is 1.35. The average molecular weight is 366 g/mol. The summed E-state index contributed by atoms with van der Waals surface area (Å²) < 4.78 is 23.3. The summed E-state index contributed by atoms with van der Waals surface area (Å²) in [6.07, 6.45) is 0.606. The number of carbonyl (C=O) groups excluding carboxylic acids is 1. The summed E-state index contributed by atoms with van der Waals surface area (Å²) in [5, 5.41) is 12.7. The first-order valence-corrected chi connectivity index (χ1v) is 10.3. The predicted octanol–water partition coefficient (Wildman–Crippen LogP) is 1.80. The van der Waals surface area contributed by atoms with Gasteiger partial charge in [-0.05, 0) is 36.9 Å². The van der Waals surface area contributed by atoms with Crippen LogP contribution in [0.2, 0.25) is 0 Å². The maximum absolute atomic E-state index is 12.0. The monoisotopic (exact) mass is 366 g/mol. The van der Waals surface area contributed by atoms with E-state index < -0.39 is 9.84 Å². The van der Waals surface area contributed by atoms with Gasteiger partial charge < -0.3 is 10.2 Å². The molecular weight excluding hydrogens is 348 g/mol. The number of thiophene rings is 1. The quantitative estimate of drug-likeness (QED) is 0.867. The Morgan fingerprint density at radius 3 is 2.75 bits per heavy atom. The van der Waals surface area contributed by atoms with Crippen molar-refractivity contribution in [2.24, 2.45) is 0 Å². The molecule has 0 radical (unpaired) electrons. The van der Waals surface area contributed by atoms with Crippen molar-refractivity contribution < 1.29 is 13.2 Å². The molecule has 1 fully saturated rings. The van der Waals surface area contributed by atoms with Gasteiger partial charge in [0.2, 0.25) is 0 Å². The summed E-state index contributed by atoms with van der Waals surface area (Å²) in [7, 11) is -2.95. The molecular formula is C15H18N4O3S2. The van der Waals surface area contributed by atoms with Gasteiger partial charge in [0.1, 0.15) is 0 Å². The first-order chi connectivity index (χ1) is 11.5. The smallest absolute Gasteiger partial charge is 0.266 e. The molecule has 3 heterocycles. The zero-order valence-corrected chi connectivity index (χ0v) is 14.8. The van der Waals surface area contributed by atoms with Crippen LogP contribution in [0.4, 0.5) is 11.6 Å². The number of anilines is 2. The van der Waals surface area contributed by atoms with Gasteiger partial charge in [-0.1, -0.05) is 6.07 Å². The second-order valence-electron chi connectivity index (χ2n) is 5.55. The van der Waals surface area contributed by atoms with Crippen LogP contribution in [-0.4, -0.2) is 48.6 Å². The molecule has 0 saturated carbocycles. The highest BCUT2D eigenvalue weighted by Crippen LogP contribution is 2.23. The minimum atomic E-state index is -2.95. The lowest BCUT2D eigenvalue weighted by Gasteiger charge is -2.27. The predicted molar refractivity (Wildman–Crippen MR) is 94.4 cm³/mol. The molecule has 0 aliphatic carbocycles. The molecule has 7 nitrogen and oxygen atoms in total. The van der Waals surface area contributed by atoms with Gasteiger partial charge in [-0.2, -0.15) is 0 Å². The Bertz CT molecular complexity index is 804. The fraction of sp³-hybridized carbons (Fsp3) is 0.400. The highest BCUT2D eigenvalue weighted by Gasteiger charge is 2.32. The van der Waals surface area contributed by atoms with E-state index in [2.05, 4.69) is 15.5 Å². The van der Waals surface area contributed by atoms with E-state index in [1.165, 1.54) is 11.3 Å². The maximum Gasteiger partial charge on any atom is 0.266 e. The number of hydrogen-bond donors (Lipinski definition) is 1. The highest BCUT2D eigenvalue weighted by molar-refractivity contribution is 7.91. The van der Waals surface area contributed by atoms with E-state index in [1.54, 1.807) is 18.2 Å². The Morgan fingerprint density at radius 2 is 2.21 bits per heavy atom. The Hall–Kier alpha value is -2.00. The SMILES string of the molecule is CCN(c1ccc(NC(=O)c2cccs2)nn1)C1CCS(=O)(=O)C1. The van der Waals surface area contributed by atoms with E-state index in [-0.39, 0.29) is 23.5 Å². The molecule has 1 aliphatic rings. The van der Waals surface area contributed by atoms with Crippen molar-refractivity contribution >= 4 is 38.7 Å². The van der Waals surface area contributed by atoms with Crippen LogP contribution in [0.15, 0.2) is 29.6 Å². The number of rotatable bonds is 5. The number of aromatic nitrogens is 2. The number of nitrogens with zero attached hydrogens (tertiary/aromatic N) is 3. The van der Waals surface area contributed by atoms with Gasteiger partial charge in [-0.15, -0.1) is 21.5 Å². The summed E-state index contributed by atoms with van der Waals surface area (Å²) in [5.41, 5.74) is 0. The van der Waals surface area contributed by atoms with Crippen LogP contribution in [0.25, 0.3) is 0 Å². The van der Waals surface area contributed by atoms with Gasteiger partial charge in [0.05, 0.1) is 16.4 Å². The van der Waals surface area contributed by atoms with Gasteiger partial charge in [-0.3, -0.25) is 4.79 Å². The van der Waals surface area contributed by atoms with Crippen LogP contribution in [0.3, 0.4) is 0 Å². The molecule has 1 N–H and O–H groups in total. The molecule has 2 aromatic rings. The maximum atomic E-state index is 12.0. The Balaban J connectivity index is 1.70. The van der Waals surface area contributed by atoms with Gasteiger partial charge in [0.15, 0.2) is 21.5 Å². The lowest BCUT2D eigenvalue weighted by atomic mass is 10.2. The first kappa shape index (κ1) is 16.8. The van der Waals surface area contributed by atoms with Crippen molar-refractivity contribution in [3.8, 4) is 0 Å². The largest absolute Gasteiger partial charge is 0.351 e. The lowest BCUT2D eigenvalue weighted by molar-refractivity contribution is 0.103. The normalized spacial score (nSPS) is 19.1. The summed E-state index contributed by atoms with van der Waals surface area (Å²) in [6, 6.07) is 6.91. The third-order valence-electron chi connectivity index (χ3n) is 3.92. The molecule has 0 spiro atoms. The van der Waals surface area contributed by atoms with Crippen LogP contribution in [0.1, 0.15) is 23.0 Å². The lowest BCUT2D eigenvalue weighted by Crippen LogP contribution is -2.36.